The van der Waals surface area contributed by atoms with Crippen molar-refractivity contribution in [3.05, 3.63) is 78.0 Å². The normalized spacial score (nSPS) is 15.2. The lowest BCUT2D eigenvalue weighted by Crippen LogP contribution is -2.28. The van der Waals surface area contributed by atoms with Crippen LogP contribution in [0.2, 0.25) is 0 Å². The highest BCUT2D eigenvalue weighted by Crippen LogP contribution is 2.30. The summed E-state index contributed by atoms with van der Waals surface area (Å²) in [5.74, 6) is -2.78. The van der Waals surface area contributed by atoms with Gasteiger partial charge >= 0.3 is 0 Å². The first-order valence-electron chi connectivity index (χ1n) is 11.1. The fraction of sp³-hybridized carbons (Fsp3) is 0.208. The number of ether oxygens (including phenoxy) is 1. The number of anilines is 1. The molecule has 186 valence electrons. The first kappa shape index (κ1) is 24.2. The highest BCUT2D eigenvalue weighted by Gasteiger charge is 2.29. The molecule has 1 fully saturated rings. The zero-order valence-electron chi connectivity index (χ0n) is 18.7. The van der Waals surface area contributed by atoms with Crippen molar-refractivity contribution in [3.8, 4) is 5.75 Å². The van der Waals surface area contributed by atoms with Crippen LogP contribution in [0.3, 0.4) is 0 Å². The second-order valence-electron chi connectivity index (χ2n) is 8.09. The average Bonchev–Trinajstić information content (AvgIpc) is 3.54. The minimum absolute atomic E-state index is 0.0810. The van der Waals surface area contributed by atoms with Gasteiger partial charge in [-0.1, -0.05) is 23.5 Å². The van der Waals surface area contributed by atoms with Crippen molar-refractivity contribution in [3.63, 3.8) is 0 Å². The zero-order chi connectivity index (χ0) is 25.3. The Morgan fingerprint density at radius 1 is 1.08 bits per heavy atom. The van der Waals surface area contributed by atoms with Crippen molar-refractivity contribution in [1.82, 2.24) is 14.3 Å². The molecule has 1 amide bonds. The molecule has 5 rings (SSSR count). The quantitative estimate of drug-likeness (QED) is 0.377. The van der Waals surface area contributed by atoms with Crippen molar-refractivity contribution in [1.29, 1.82) is 0 Å². The summed E-state index contributed by atoms with van der Waals surface area (Å²) in [4.78, 5) is 22.5. The van der Waals surface area contributed by atoms with E-state index >= 15 is 0 Å². The molecule has 0 bridgehead atoms. The van der Waals surface area contributed by atoms with Crippen LogP contribution in [-0.4, -0.2) is 41.7 Å². The number of hydrogen-bond donors (Lipinski definition) is 1. The molecule has 1 atom stereocenters. The van der Waals surface area contributed by atoms with Crippen LogP contribution in [0.15, 0.2) is 65.7 Å². The number of sulfonamides is 1. The third-order valence-electron chi connectivity index (χ3n) is 5.66. The third kappa shape index (κ3) is 4.92. The SMILES string of the molecule is O=C(Nc1nc2cccnc2s1)C(Oc1ccc(F)cc1F)c1ccc(S(=O)(=O)N2CCCC2)cc1. The van der Waals surface area contributed by atoms with Gasteiger partial charge in [0.05, 0.1) is 4.90 Å². The second-order valence-corrected chi connectivity index (χ2v) is 11.0. The van der Waals surface area contributed by atoms with Gasteiger partial charge in [-0.15, -0.1) is 0 Å². The summed E-state index contributed by atoms with van der Waals surface area (Å²) in [6.07, 6.45) is 1.83. The Labute approximate surface area is 209 Å². The summed E-state index contributed by atoms with van der Waals surface area (Å²) in [5.41, 5.74) is 0.868. The van der Waals surface area contributed by atoms with E-state index in [0.717, 1.165) is 36.3 Å². The number of fused-ring (bicyclic) bond motifs is 1. The van der Waals surface area contributed by atoms with Crippen LogP contribution in [0.25, 0.3) is 10.3 Å². The molecule has 2 aromatic carbocycles. The molecular formula is C24H20F2N4O4S2. The maximum Gasteiger partial charge on any atom is 0.271 e. The number of aromatic nitrogens is 2. The monoisotopic (exact) mass is 530 g/mol. The molecule has 36 heavy (non-hydrogen) atoms. The Kier molecular flexibility index (Phi) is 6.65. The van der Waals surface area contributed by atoms with E-state index in [-0.39, 0.29) is 21.3 Å². The van der Waals surface area contributed by atoms with E-state index in [1.54, 1.807) is 18.3 Å². The molecule has 1 N–H and O–H groups in total. The Balaban J connectivity index is 1.45. The minimum atomic E-state index is -3.66. The fourth-order valence-corrected chi connectivity index (χ4v) is 6.18. The summed E-state index contributed by atoms with van der Waals surface area (Å²) < 4.78 is 60.5. The molecule has 3 heterocycles. The average molecular weight is 531 g/mol. The second kappa shape index (κ2) is 9.88. The number of halogens is 2. The Hall–Kier alpha value is -3.48. The number of thiazole rings is 1. The van der Waals surface area contributed by atoms with Gasteiger partial charge in [0, 0.05) is 30.9 Å². The van der Waals surface area contributed by atoms with E-state index in [1.165, 1.54) is 28.6 Å². The maximum atomic E-state index is 14.3. The molecule has 8 nitrogen and oxygen atoms in total. The van der Waals surface area contributed by atoms with Crippen molar-refractivity contribution in [2.24, 2.45) is 0 Å². The standard InChI is InChI=1S/C24H20F2N4O4S2/c25-16-7-10-20(18(26)14-16)34-21(22(31)29-24-28-19-4-3-11-27-23(19)35-24)15-5-8-17(9-6-15)36(32,33)30-12-1-2-13-30/h3-11,14,21H,1-2,12-13H2,(H,28,29,31). The van der Waals surface area contributed by atoms with Gasteiger partial charge in [0.15, 0.2) is 16.7 Å². The van der Waals surface area contributed by atoms with Gasteiger partial charge in [-0.25, -0.2) is 27.2 Å². The van der Waals surface area contributed by atoms with Crippen LogP contribution in [0.4, 0.5) is 13.9 Å². The van der Waals surface area contributed by atoms with Crippen molar-refractivity contribution in [2.75, 3.05) is 18.4 Å². The molecule has 12 heteroatoms. The lowest BCUT2D eigenvalue weighted by atomic mass is 10.1. The van der Waals surface area contributed by atoms with Crippen LogP contribution in [-0.2, 0) is 14.8 Å². The summed E-state index contributed by atoms with van der Waals surface area (Å²) in [6.45, 7) is 0.915. The molecular weight excluding hydrogens is 510 g/mol. The number of carbonyl (C=O) groups excluding carboxylic acids is 1. The molecule has 4 aromatic rings. The van der Waals surface area contributed by atoms with E-state index in [2.05, 4.69) is 15.3 Å². The summed E-state index contributed by atoms with van der Waals surface area (Å²) in [6, 6.07) is 11.9. The predicted molar refractivity (Wildman–Crippen MR) is 130 cm³/mol. The largest absolute Gasteiger partial charge is 0.473 e. The van der Waals surface area contributed by atoms with E-state index in [9.17, 15) is 22.0 Å². The van der Waals surface area contributed by atoms with Crippen molar-refractivity contribution < 1.29 is 26.7 Å². The molecule has 1 unspecified atom stereocenters. The first-order valence-corrected chi connectivity index (χ1v) is 13.3. The van der Waals surface area contributed by atoms with Gasteiger partial charge in [0.2, 0.25) is 16.1 Å². The summed E-state index contributed by atoms with van der Waals surface area (Å²) in [7, 11) is -3.66. The number of carbonyl (C=O) groups is 1. The molecule has 2 aromatic heterocycles. The molecule has 0 spiro atoms. The van der Waals surface area contributed by atoms with Crippen LogP contribution < -0.4 is 10.1 Å². The highest BCUT2D eigenvalue weighted by molar-refractivity contribution is 7.89. The third-order valence-corrected chi connectivity index (χ3v) is 8.47. The maximum absolute atomic E-state index is 14.3. The fourth-order valence-electron chi connectivity index (χ4n) is 3.86. The highest BCUT2D eigenvalue weighted by atomic mass is 32.2. The number of nitrogens with one attached hydrogen (secondary N) is 1. The number of benzene rings is 2. The van der Waals surface area contributed by atoms with Gasteiger partial charge < -0.3 is 4.74 Å². The molecule has 1 aliphatic rings. The summed E-state index contributed by atoms with van der Waals surface area (Å²) >= 11 is 1.15. The van der Waals surface area contributed by atoms with Gasteiger partial charge in [0.1, 0.15) is 16.2 Å². The molecule has 0 radical (unpaired) electrons. The molecule has 1 saturated heterocycles. The van der Waals surface area contributed by atoms with Crippen LogP contribution in [0, 0.1) is 11.6 Å². The zero-order valence-corrected chi connectivity index (χ0v) is 20.4. The number of pyridine rings is 1. The van der Waals surface area contributed by atoms with Crippen LogP contribution in [0.1, 0.15) is 24.5 Å². The summed E-state index contributed by atoms with van der Waals surface area (Å²) in [5, 5.41) is 2.91. The Morgan fingerprint density at radius 3 is 2.53 bits per heavy atom. The number of rotatable bonds is 7. The smallest absolute Gasteiger partial charge is 0.271 e. The van der Waals surface area contributed by atoms with Gasteiger partial charge in [0.25, 0.3) is 5.91 Å². The van der Waals surface area contributed by atoms with E-state index < -0.39 is 33.7 Å². The van der Waals surface area contributed by atoms with Gasteiger partial charge in [-0.3, -0.25) is 10.1 Å². The van der Waals surface area contributed by atoms with Crippen LogP contribution >= 0.6 is 11.3 Å². The first-order chi connectivity index (χ1) is 17.3. The topological polar surface area (TPSA) is 101 Å². The predicted octanol–water partition coefficient (Wildman–Crippen LogP) is 4.51. The Morgan fingerprint density at radius 2 is 1.83 bits per heavy atom. The number of amides is 1. The van der Waals surface area contributed by atoms with E-state index in [1.807, 2.05) is 0 Å². The number of nitrogens with zero attached hydrogens (tertiary/aromatic N) is 3. The Bertz CT molecular complexity index is 1490. The molecule has 1 aliphatic heterocycles. The minimum Gasteiger partial charge on any atom is -0.473 e. The number of hydrogen-bond acceptors (Lipinski definition) is 7. The van der Waals surface area contributed by atoms with Crippen molar-refractivity contribution in [2.45, 2.75) is 23.8 Å². The van der Waals surface area contributed by atoms with Gasteiger partial charge in [-0.05, 0) is 49.2 Å². The van der Waals surface area contributed by atoms with Crippen molar-refractivity contribution >= 4 is 42.7 Å². The van der Waals surface area contributed by atoms with Gasteiger partial charge in [-0.2, -0.15) is 4.31 Å². The van der Waals surface area contributed by atoms with E-state index in [0.29, 0.717) is 29.5 Å². The lowest BCUT2D eigenvalue weighted by Gasteiger charge is -2.20. The molecule has 0 saturated carbocycles. The lowest BCUT2D eigenvalue weighted by molar-refractivity contribution is -0.123. The molecule has 0 aliphatic carbocycles. The van der Waals surface area contributed by atoms with E-state index in [4.69, 9.17) is 4.74 Å². The van der Waals surface area contributed by atoms with Crippen LogP contribution in [0.5, 0.6) is 5.75 Å².